The zero-order chi connectivity index (χ0) is 19.2. The molecule has 2 amide bonds. The molecule has 0 aromatic heterocycles. The van der Waals surface area contributed by atoms with Gasteiger partial charge in [-0.3, -0.25) is 14.5 Å². The summed E-state index contributed by atoms with van der Waals surface area (Å²) in [7, 11) is 0. The molecular formula is C21H31N3O3. The van der Waals surface area contributed by atoms with E-state index < -0.39 is 0 Å². The lowest BCUT2D eigenvalue weighted by atomic mass is 10.1. The second-order valence-electron chi connectivity index (χ2n) is 7.61. The summed E-state index contributed by atoms with van der Waals surface area (Å²) in [5.74, 6) is 1.05. The number of hydrogen-bond donors (Lipinski definition) is 0. The fraction of sp³-hybridized carbons (Fsp3) is 0.619. The second kappa shape index (κ2) is 9.22. The van der Waals surface area contributed by atoms with E-state index in [0.29, 0.717) is 19.6 Å². The second-order valence-corrected chi connectivity index (χ2v) is 7.61. The van der Waals surface area contributed by atoms with Gasteiger partial charge in [0, 0.05) is 39.3 Å². The average Bonchev–Trinajstić information content (AvgIpc) is 2.68. The fourth-order valence-corrected chi connectivity index (χ4v) is 3.84. The minimum Gasteiger partial charge on any atom is -0.483 e. The van der Waals surface area contributed by atoms with Crippen LogP contribution in [-0.4, -0.2) is 78.9 Å². The van der Waals surface area contributed by atoms with Crippen molar-refractivity contribution in [2.45, 2.75) is 33.1 Å². The molecule has 0 spiro atoms. The van der Waals surface area contributed by atoms with Crippen molar-refractivity contribution in [1.29, 1.82) is 0 Å². The van der Waals surface area contributed by atoms with Gasteiger partial charge >= 0.3 is 0 Å². The number of aryl methyl sites for hydroxylation is 2. The SMILES string of the molecule is Cc1cccc(C)c1OCC(=O)N1CCN(CC(=O)N2CCCCC2)CC1. The zero-order valence-corrected chi connectivity index (χ0v) is 16.6. The van der Waals surface area contributed by atoms with E-state index >= 15 is 0 Å². The molecule has 2 aliphatic heterocycles. The normalized spacial score (nSPS) is 18.4. The molecular weight excluding hydrogens is 342 g/mol. The number of hydrogen-bond acceptors (Lipinski definition) is 4. The van der Waals surface area contributed by atoms with Crippen LogP contribution in [0.25, 0.3) is 0 Å². The fourth-order valence-electron chi connectivity index (χ4n) is 3.84. The maximum Gasteiger partial charge on any atom is 0.260 e. The number of benzene rings is 1. The number of carbonyl (C=O) groups is 2. The molecule has 6 nitrogen and oxygen atoms in total. The Morgan fingerprint density at radius 1 is 0.852 bits per heavy atom. The highest BCUT2D eigenvalue weighted by molar-refractivity contribution is 5.79. The van der Waals surface area contributed by atoms with Crippen LogP contribution < -0.4 is 4.74 Å². The van der Waals surface area contributed by atoms with E-state index in [2.05, 4.69) is 4.90 Å². The third kappa shape index (κ3) is 5.22. The van der Waals surface area contributed by atoms with Gasteiger partial charge in [-0.2, -0.15) is 0 Å². The van der Waals surface area contributed by atoms with Gasteiger partial charge in [0.1, 0.15) is 5.75 Å². The number of likely N-dealkylation sites (tertiary alicyclic amines) is 1. The first kappa shape index (κ1) is 19.7. The van der Waals surface area contributed by atoms with Gasteiger partial charge in [0.05, 0.1) is 6.54 Å². The smallest absolute Gasteiger partial charge is 0.260 e. The van der Waals surface area contributed by atoms with Crippen molar-refractivity contribution in [1.82, 2.24) is 14.7 Å². The number of rotatable bonds is 5. The van der Waals surface area contributed by atoms with Crippen molar-refractivity contribution < 1.29 is 14.3 Å². The first-order valence-corrected chi connectivity index (χ1v) is 10.0. The van der Waals surface area contributed by atoms with Crippen molar-refractivity contribution in [2.24, 2.45) is 0 Å². The molecule has 2 saturated heterocycles. The summed E-state index contributed by atoms with van der Waals surface area (Å²) >= 11 is 0. The Morgan fingerprint density at radius 3 is 2.07 bits per heavy atom. The molecule has 1 aromatic rings. The molecule has 0 N–H and O–H groups in total. The molecule has 2 fully saturated rings. The monoisotopic (exact) mass is 373 g/mol. The van der Waals surface area contributed by atoms with Crippen molar-refractivity contribution in [3.05, 3.63) is 29.3 Å². The molecule has 6 heteroatoms. The first-order valence-electron chi connectivity index (χ1n) is 10.0. The molecule has 0 aliphatic carbocycles. The topological polar surface area (TPSA) is 53.1 Å². The highest BCUT2D eigenvalue weighted by atomic mass is 16.5. The van der Waals surface area contributed by atoms with E-state index in [1.54, 1.807) is 0 Å². The summed E-state index contributed by atoms with van der Waals surface area (Å²) in [6.45, 7) is 9.11. The van der Waals surface area contributed by atoms with E-state index in [-0.39, 0.29) is 18.4 Å². The average molecular weight is 373 g/mol. The third-order valence-corrected chi connectivity index (χ3v) is 5.54. The van der Waals surface area contributed by atoms with Crippen LogP contribution in [0.4, 0.5) is 0 Å². The minimum atomic E-state index is 0.0136. The zero-order valence-electron chi connectivity index (χ0n) is 16.6. The van der Waals surface area contributed by atoms with Crippen LogP contribution in [0.15, 0.2) is 18.2 Å². The summed E-state index contributed by atoms with van der Waals surface area (Å²) < 4.78 is 5.79. The third-order valence-electron chi connectivity index (χ3n) is 5.54. The Hall–Kier alpha value is -2.08. The quantitative estimate of drug-likeness (QED) is 0.790. The molecule has 0 unspecified atom stereocenters. The molecule has 0 radical (unpaired) electrons. The number of carbonyl (C=O) groups excluding carboxylic acids is 2. The maximum absolute atomic E-state index is 12.5. The largest absolute Gasteiger partial charge is 0.483 e. The number of para-hydroxylation sites is 1. The number of piperidine rings is 1. The lowest BCUT2D eigenvalue weighted by molar-refractivity contribution is -0.136. The van der Waals surface area contributed by atoms with E-state index in [0.717, 1.165) is 55.9 Å². The van der Waals surface area contributed by atoms with Gasteiger partial charge in [-0.25, -0.2) is 0 Å². The number of ether oxygens (including phenoxy) is 1. The van der Waals surface area contributed by atoms with Gasteiger partial charge in [-0.1, -0.05) is 18.2 Å². The van der Waals surface area contributed by atoms with Gasteiger partial charge < -0.3 is 14.5 Å². The van der Waals surface area contributed by atoms with Crippen molar-refractivity contribution in [3.63, 3.8) is 0 Å². The molecule has 3 rings (SSSR count). The Balaban J connectivity index is 1.42. The summed E-state index contributed by atoms with van der Waals surface area (Å²) in [6.07, 6.45) is 3.47. The van der Waals surface area contributed by atoms with Gasteiger partial charge in [-0.15, -0.1) is 0 Å². The Labute approximate surface area is 162 Å². The first-order chi connectivity index (χ1) is 13.0. The molecule has 0 bridgehead atoms. The Morgan fingerprint density at radius 2 is 1.44 bits per heavy atom. The summed E-state index contributed by atoms with van der Waals surface area (Å²) in [5, 5.41) is 0. The predicted octanol–water partition coefficient (Wildman–Crippen LogP) is 1.84. The molecule has 2 heterocycles. The van der Waals surface area contributed by atoms with Crippen LogP contribution in [0.1, 0.15) is 30.4 Å². The molecule has 2 aliphatic rings. The molecule has 27 heavy (non-hydrogen) atoms. The van der Waals surface area contributed by atoms with Gasteiger partial charge in [0.15, 0.2) is 6.61 Å². The highest BCUT2D eigenvalue weighted by Crippen LogP contribution is 2.22. The summed E-state index contributed by atoms with van der Waals surface area (Å²) in [6, 6.07) is 5.97. The van der Waals surface area contributed by atoms with Gasteiger partial charge in [0.25, 0.3) is 5.91 Å². The van der Waals surface area contributed by atoms with Crippen LogP contribution in [0, 0.1) is 13.8 Å². The highest BCUT2D eigenvalue weighted by Gasteiger charge is 2.25. The number of piperazine rings is 1. The van der Waals surface area contributed by atoms with Crippen LogP contribution in [0.5, 0.6) is 5.75 Å². The lowest BCUT2D eigenvalue weighted by Crippen LogP contribution is -2.52. The van der Waals surface area contributed by atoms with E-state index in [4.69, 9.17) is 4.74 Å². The molecule has 0 atom stereocenters. The van der Waals surface area contributed by atoms with Crippen LogP contribution in [0.2, 0.25) is 0 Å². The summed E-state index contributed by atoms with van der Waals surface area (Å²) in [4.78, 5) is 30.9. The lowest BCUT2D eigenvalue weighted by Gasteiger charge is -2.36. The van der Waals surface area contributed by atoms with E-state index in [9.17, 15) is 9.59 Å². The summed E-state index contributed by atoms with van der Waals surface area (Å²) in [5.41, 5.74) is 2.09. The number of amides is 2. The van der Waals surface area contributed by atoms with Gasteiger partial charge in [-0.05, 0) is 44.2 Å². The molecule has 148 valence electrons. The predicted molar refractivity (Wildman–Crippen MR) is 105 cm³/mol. The maximum atomic E-state index is 12.5. The van der Waals surface area contributed by atoms with E-state index in [1.165, 1.54) is 6.42 Å². The van der Waals surface area contributed by atoms with Crippen molar-refractivity contribution in [3.8, 4) is 5.75 Å². The minimum absolute atomic E-state index is 0.0136. The van der Waals surface area contributed by atoms with Crippen molar-refractivity contribution in [2.75, 3.05) is 52.4 Å². The van der Waals surface area contributed by atoms with Crippen LogP contribution in [-0.2, 0) is 9.59 Å². The molecule has 0 saturated carbocycles. The van der Waals surface area contributed by atoms with Gasteiger partial charge in [0.2, 0.25) is 5.91 Å². The van der Waals surface area contributed by atoms with Crippen LogP contribution in [0.3, 0.4) is 0 Å². The Bertz CT molecular complexity index is 642. The van der Waals surface area contributed by atoms with E-state index in [1.807, 2.05) is 41.8 Å². The Kier molecular flexibility index (Phi) is 6.72. The molecule has 1 aromatic carbocycles. The standard InChI is InChI=1S/C21H31N3O3/c1-17-7-6-8-18(2)21(17)27-16-20(26)24-13-11-22(12-14-24)15-19(25)23-9-4-3-5-10-23/h6-8H,3-5,9-16H2,1-2H3. The van der Waals surface area contributed by atoms with Crippen molar-refractivity contribution >= 4 is 11.8 Å². The number of nitrogens with zero attached hydrogens (tertiary/aromatic N) is 3. The van der Waals surface area contributed by atoms with Crippen LogP contribution >= 0.6 is 0 Å².